The van der Waals surface area contributed by atoms with Crippen molar-refractivity contribution in [2.45, 2.75) is 72.3 Å². The molecule has 2 atom stereocenters. The zero-order chi connectivity index (χ0) is 40.6. The minimum atomic E-state index is -1.48. The summed E-state index contributed by atoms with van der Waals surface area (Å²) in [5.41, 5.74) is 6.02. The number of aromatic nitrogens is 1. The lowest BCUT2D eigenvalue weighted by Crippen LogP contribution is -2.48. The fourth-order valence-corrected chi connectivity index (χ4v) is 5.28. The van der Waals surface area contributed by atoms with Crippen molar-refractivity contribution in [2.75, 3.05) is 19.0 Å². The Kier molecular flexibility index (Phi) is 13.4. The first kappa shape index (κ1) is 41.5. The van der Waals surface area contributed by atoms with Crippen LogP contribution in [0.3, 0.4) is 0 Å². The molecule has 2 aromatic carbocycles. The average molecular weight is 757 g/mol. The van der Waals surface area contributed by atoms with E-state index in [1.165, 1.54) is 44.4 Å². The number of pyridine rings is 1. The molecule has 1 heterocycles. The SMILES string of the molecule is C=Cc1cc(C(=O)Nc2ccc(C(=N)N)cc2)c(-c2ccc(C(=O)NCC3CC3)nc2C(=O)OC(C)OC(=O)[C@@H](NC(=O)OC(C)(C)C)C(C)C)cc1OC. The second-order valence-corrected chi connectivity index (χ2v) is 14.3. The molecule has 1 aromatic heterocycles. The van der Waals surface area contributed by atoms with E-state index in [9.17, 15) is 24.0 Å². The van der Waals surface area contributed by atoms with E-state index in [1.54, 1.807) is 58.9 Å². The number of nitrogens with two attached hydrogens (primary N) is 1. The molecule has 15 heteroatoms. The van der Waals surface area contributed by atoms with Crippen LogP contribution in [-0.2, 0) is 19.0 Å². The molecule has 0 aliphatic heterocycles. The molecule has 0 bridgehead atoms. The van der Waals surface area contributed by atoms with Gasteiger partial charge >= 0.3 is 18.0 Å². The van der Waals surface area contributed by atoms with Crippen molar-refractivity contribution in [3.05, 3.63) is 83.2 Å². The number of hydrogen-bond acceptors (Lipinski definition) is 11. The number of alkyl carbamates (subject to hydrolysis) is 1. The highest BCUT2D eigenvalue weighted by Gasteiger charge is 2.32. The number of benzene rings is 2. The van der Waals surface area contributed by atoms with Crippen LogP contribution in [0.2, 0.25) is 0 Å². The molecular formula is C40H48N6O9. The van der Waals surface area contributed by atoms with Crippen LogP contribution in [0.4, 0.5) is 10.5 Å². The Bertz CT molecular complexity index is 1970. The normalized spacial score (nSPS) is 13.5. The highest BCUT2D eigenvalue weighted by molar-refractivity contribution is 6.11. The van der Waals surface area contributed by atoms with Crippen molar-refractivity contribution in [1.82, 2.24) is 15.6 Å². The summed E-state index contributed by atoms with van der Waals surface area (Å²) in [6.45, 7) is 14.0. The molecule has 1 aliphatic carbocycles. The van der Waals surface area contributed by atoms with Crippen LogP contribution >= 0.6 is 0 Å². The molecule has 15 nitrogen and oxygen atoms in total. The first-order valence-electron chi connectivity index (χ1n) is 17.7. The molecular weight excluding hydrogens is 708 g/mol. The summed E-state index contributed by atoms with van der Waals surface area (Å²) in [7, 11) is 1.43. The van der Waals surface area contributed by atoms with E-state index in [4.69, 9.17) is 30.1 Å². The average Bonchev–Trinajstić information content (AvgIpc) is 3.96. The smallest absolute Gasteiger partial charge is 0.408 e. The van der Waals surface area contributed by atoms with Crippen LogP contribution in [0.1, 0.15) is 96.8 Å². The number of nitrogens with zero attached hydrogens (tertiary/aromatic N) is 1. The van der Waals surface area contributed by atoms with Crippen LogP contribution in [-0.4, -0.2) is 72.3 Å². The minimum absolute atomic E-state index is 0.0839. The van der Waals surface area contributed by atoms with Gasteiger partial charge in [-0.3, -0.25) is 15.0 Å². The second kappa shape index (κ2) is 17.7. The van der Waals surface area contributed by atoms with E-state index >= 15 is 0 Å². The molecule has 1 fully saturated rings. The summed E-state index contributed by atoms with van der Waals surface area (Å²) in [6.07, 6.45) is 1.19. The van der Waals surface area contributed by atoms with Gasteiger partial charge in [0, 0.05) is 47.0 Å². The minimum Gasteiger partial charge on any atom is -0.496 e. The zero-order valence-electron chi connectivity index (χ0n) is 32.0. The lowest BCUT2D eigenvalue weighted by atomic mass is 9.94. The topological polar surface area (TPSA) is 221 Å². The molecule has 1 unspecified atom stereocenters. The van der Waals surface area contributed by atoms with Gasteiger partial charge in [-0.05, 0) is 94.0 Å². The van der Waals surface area contributed by atoms with Crippen LogP contribution in [0.15, 0.2) is 55.1 Å². The molecule has 1 aliphatic rings. The summed E-state index contributed by atoms with van der Waals surface area (Å²) in [4.78, 5) is 71.1. The summed E-state index contributed by atoms with van der Waals surface area (Å²) < 4.78 is 21.9. The van der Waals surface area contributed by atoms with Gasteiger partial charge in [-0.25, -0.2) is 19.4 Å². The monoisotopic (exact) mass is 756 g/mol. The zero-order valence-corrected chi connectivity index (χ0v) is 32.0. The number of carbonyl (C=O) groups is 5. The van der Waals surface area contributed by atoms with E-state index in [1.807, 2.05) is 0 Å². The molecule has 0 saturated heterocycles. The summed E-state index contributed by atoms with van der Waals surface area (Å²) in [5.74, 6) is -2.94. The lowest BCUT2D eigenvalue weighted by molar-refractivity contribution is -0.169. The number of anilines is 1. The Morgan fingerprint density at radius 3 is 2.22 bits per heavy atom. The summed E-state index contributed by atoms with van der Waals surface area (Å²) >= 11 is 0. The summed E-state index contributed by atoms with van der Waals surface area (Å²) in [5, 5.41) is 15.8. The fourth-order valence-electron chi connectivity index (χ4n) is 5.28. The van der Waals surface area contributed by atoms with Gasteiger partial charge in [0.2, 0.25) is 6.29 Å². The third kappa shape index (κ3) is 11.4. The number of nitrogen functional groups attached to an aromatic ring is 1. The fraction of sp³-hybridized carbons (Fsp3) is 0.375. The molecule has 55 heavy (non-hydrogen) atoms. The summed E-state index contributed by atoms with van der Waals surface area (Å²) in [6, 6.07) is 11.1. The molecule has 3 amide bonds. The largest absolute Gasteiger partial charge is 0.496 e. The Morgan fingerprint density at radius 2 is 1.65 bits per heavy atom. The standard InChI is InChI=1S/C40H48N6O9/c1-9-24-18-29(35(47)44-26-14-12-25(13-15-26)34(41)42)28(19-31(24)52-8)27-16-17-30(36(48)43-20-23-10-11-23)45-33(27)38(50)54-22(4)53-37(49)32(21(2)3)46-39(51)55-40(5,6)7/h9,12-19,21-23,32H,1,10-11,20H2,2-8H3,(H3,41,42)(H,43,48)(H,44,47)(H,46,51)/t22?,32-/m0/s1. The number of esters is 2. The van der Waals surface area contributed by atoms with E-state index in [-0.39, 0.29) is 33.9 Å². The maximum absolute atomic E-state index is 14.0. The highest BCUT2D eigenvalue weighted by atomic mass is 16.7. The van der Waals surface area contributed by atoms with Crippen LogP contribution in [0.5, 0.6) is 5.75 Å². The number of carbonyl (C=O) groups excluding carboxylic acids is 5. The number of methoxy groups -OCH3 is 1. The van der Waals surface area contributed by atoms with Crippen molar-refractivity contribution in [3.63, 3.8) is 0 Å². The highest BCUT2D eigenvalue weighted by Crippen LogP contribution is 2.35. The maximum Gasteiger partial charge on any atom is 0.408 e. The number of amidine groups is 1. The lowest BCUT2D eigenvalue weighted by Gasteiger charge is -2.25. The number of amides is 3. The predicted molar refractivity (Wildman–Crippen MR) is 206 cm³/mol. The first-order valence-corrected chi connectivity index (χ1v) is 17.7. The molecule has 0 spiro atoms. The van der Waals surface area contributed by atoms with E-state index in [0.29, 0.717) is 35.0 Å². The Balaban J connectivity index is 1.71. The molecule has 4 rings (SSSR count). The number of hydrogen-bond donors (Lipinski definition) is 5. The van der Waals surface area contributed by atoms with Crippen molar-refractivity contribution >= 4 is 47.4 Å². The van der Waals surface area contributed by atoms with E-state index in [0.717, 1.165) is 12.8 Å². The Labute approximate surface area is 319 Å². The van der Waals surface area contributed by atoms with E-state index in [2.05, 4.69) is 27.5 Å². The van der Waals surface area contributed by atoms with Gasteiger partial charge < -0.3 is 40.6 Å². The van der Waals surface area contributed by atoms with Gasteiger partial charge in [0.25, 0.3) is 11.8 Å². The predicted octanol–water partition coefficient (Wildman–Crippen LogP) is 5.67. The Morgan fingerprint density at radius 1 is 0.982 bits per heavy atom. The second-order valence-electron chi connectivity index (χ2n) is 14.3. The van der Waals surface area contributed by atoms with Gasteiger partial charge in [0.15, 0.2) is 5.69 Å². The van der Waals surface area contributed by atoms with E-state index < -0.39 is 53.7 Å². The van der Waals surface area contributed by atoms with Crippen molar-refractivity contribution < 1.29 is 42.9 Å². The van der Waals surface area contributed by atoms with Gasteiger partial charge in [-0.15, -0.1) is 0 Å². The number of rotatable bonds is 15. The van der Waals surface area contributed by atoms with Gasteiger partial charge in [-0.2, -0.15) is 0 Å². The first-order chi connectivity index (χ1) is 25.9. The number of ether oxygens (including phenoxy) is 4. The third-order valence-corrected chi connectivity index (χ3v) is 8.30. The Hall–Kier alpha value is -6.25. The molecule has 3 aromatic rings. The van der Waals surface area contributed by atoms with Crippen molar-refractivity contribution in [2.24, 2.45) is 17.6 Å². The molecule has 292 valence electrons. The number of nitrogens with one attached hydrogen (secondary N) is 4. The van der Waals surface area contributed by atoms with Crippen LogP contribution in [0, 0.1) is 17.2 Å². The molecule has 1 saturated carbocycles. The van der Waals surface area contributed by atoms with Crippen molar-refractivity contribution in [3.8, 4) is 16.9 Å². The van der Waals surface area contributed by atoms with Crippen LogP contribution < -0.4 is 26.4 Å². The van der Waals surface area contributed by atoms with Gasteiger partial charge in [-0.1, -0.05) is 26.5 Å². The van der Waals surface area contributed by atoms with Gasteiger partial charge in [0.1, 0.15) is 28.9 Å². The van der Waals surface area contributed by atoms with Crippen LogP contribution in [0.25, 0.3) is 17.2 Å². The maximum atomic E-state index is 14.0. The molecule has 6 N–H and O–H groups in total. The van der Waals surface area contributed by atoms with Gasteiger partial charge in [0.05, 0.1) is 7.11 Å². The van der Waals surface area contributed by atoms with Crippen molar-refractivity contribution in [1.29, 1.82) is 5.41 Å². The third-order valence-electron chi connectivity index (χ3n) is 8.30. The quantitative estimate of drug-likeness (QED) is 0.0550. The molecule has 0 radical (unpaired) electrons.